The predicted octanol–water partition coefficient (Wildman–Crippen LogP) is 1.46. The van der Waals surface area contributed by atoms with Crippen LogP contribution in [-0.2, 0) is 46.9 Å². The van der Waals surface area contributed by atoms with Gasteiger partial charge in [-0.3, -0.25) is 14.2 Å². The van der Waals surface area contributed by atoms with Gasteiger partial charge < -0.3 is 14.8 Å². The first-order chi connectivity index (χ1) is 17.3. The third-order valence-corrected chi connectivity index (χ3v) is 6.57. The van der Waals surface area contributed by atoms with Gasteiger partial charge in [0.05, 0.1) is 29.1 Å². The number of pyridine rings is 2. The van der Waals surface area contributed by atoms with Crippen LogP contribution in [0, 0.1) is 17.4 Å². The van der Waals surface area contributed by atoms with E-state index in [0.717, 1.165) is 49.1 Å². The van der Waals surface area contributed by atoms with Crippen LogP contribution in [-0.4, -0.2) is 49.9 Å². The van der Waals surface area contributed by atoms with E-state index >= 15 is 0 Å². The molecular formula is C24H26CuI2N2NaO6S2. The molecule has 0 fully saturated rings. The standard InChI is InChI=1S/C12H13NO3S.C11H10INO.CH4O2S.Cu.HI.Na/c1-8-3-10-4-9(7-14)5-11(17(2,15)16)12(10)13-6-8;1-7-2-9-3-8(6-14)4-10(12)11(9)13-5-7;1-4(2)3;;;/h3-6,14H,7H2,1-2H3;2-5,14H,6H2,1H3;1H3,(H,2,3);;1H;/q;;;+1;;+1/p-2. The Labute approximate surface area is 281 Å². The van der Waals surface area contributed by atoms with E-state index in [2.05, 4.69) is 51.4 Å². The van der Waals surface area contributed by atoms with E-state index < -0.39 is 20.9 Å². The minimum absolute atomic E-state index is 0. The zero-order valence-corrected chi connectivity index (χ0v) is 30.2. The molecule has 4 aromatic rings. The topological polar surface area (TPSA) is 141 Å². The van der Waals surface area contributed by atoms with Crippen LogP contribution in [0.25, 0.3) is 21.8 Å². The van der Waals surface area contributed by atoms with Crippen LogP contribution in [0.4, 0.5) is 0 Å². The summed E-state index contributed by atoms with van der Waals surface area (Å²) in [5.41, 5.74) is 5.07. The first-order valence-electron chi connectivity index (χ1n) is 10.3. The molecule has 0 bridgehead atoms. The summed E-state index contributed by atoms with van der Waals surface area (Å²) in [6.45, 7) is 3.80. The molecule has 0 saturated heterocycles. The van der Waals surface area contributed by atoms with E-state index in [0.29, 0.717) is 11.1 Å². The summed E-state index contributed by atoms with van der Waals surface area (Å²) in [7, 11) is -3.35. The zero-order valence-electron chi connectivity index (χ0n) is 21.3. The van der Waals surface area contributed by atoms with Crippen molar-refractivity contribution >= 4 is 85.7 Å². The predicted molar refractivity (Wildman–Crippen MR) is 159 cm³/mol. The zero-order chi connectivity index (χ0) is 28.3. The van der Waals surface area contributed by atoms with E-state index in [-0.39, 0.29) is 47.7 Å². The molecule has 14 heteroatoms. The van der Waals surface area contributed by atoms with Gasteiger partial charge >= 0.3 is 62.7 Å². The molecule has 0 spiro atoms. The molecule has 1 unspecified atom stereocenters. The number of hydrogen-bond acceptors (Lipinski definition) is 8. The second kappa shape index (κ2) is 18.6. The maximum absolute atomic E-state index is 11.7. The number of benzene rings is 2. The number of aliphatic hydroxyl groups is 2. The minimum Gasteiger partial charge on any atom is 1.00 e. The Morgan fingerprint density at radius 1 is 0.895 bits per heavy atom. The van der Waals surface area contributed by atoms with Crippen LogP contribution in [0.2, 0.25) is 0 Å². The second-order valence-electron chi connectivity index (χ2n) is 7.83. The Balaban J connectivity index is 0.000000591. The SMILES string of the molecule is CS(=O)[O-].Cc1cnc2c(I)cc(CO)cc2c1.Cc1cnc2c(S(C)(=O)=O)cc(CO)cc2c1.[Cu][I].[Na+]. The van der Waals surface area contributed by atoms with Crippen molar-refractivity contribution in [2.24, 2.45) is 0 Å². The van der Waals surface area contributed by atoms with Gasteiger partial charge in [0.2, 0.25) is 0 Å². The second-order valence-corrected chi connectivity index (χ2v) is 11.8. The third-order valence-electron chi connectivity index (χ3n) is 4.64. The Bertz CT molecular complexity index is 1490. The normalized spacial score (nSPS) is 11.1. The van der Waals surface area contributed by atoms with E-state index in [4.69, 9.17) is 19.0 Å². The van der Waals surface area contributed by atoms with Crippen molar-refractivity contribution in [3.05, 3.63) is 74.6 Å². The van der Waals surface area contributed by atoms with Gasteiger partial charge in [-0.25, -0.2) is 8.42 Å². The summed E-state index contributed by atoms with van der Waals surface area (Å²) in [4.78, 5) is 8.69. The molecule has 0 aliphatic rings. The van der Waals surface area contributed by atoms with Gasteiger partial charge in [-0.15, -0.1) is 0 Å². The Kier molecular flexibility index (Phi) is 18.7. The van der Waals surface area contributed by atoms with Crippen molar-refractivity contribution in [1.29, 1.82) is 0 Å². The Hall–Kier alpha value is 0.219. The molecule has 38 heavy (non-hydrogen) atoms. The molecule has 0 amide bonds. The van der Waals surface area contributed by atoms with Gasteiger partial charge in [-0.05, 0) is 101 Å². The molecule has 0 saturated carbocycles. The van der Waals surface area contributed by atoms with Crippen LogP contribution >= 0.6 is 42.9 Å². The van der Waals surface area contributed by atoms with Gasteiger partial charge in [0.25, 0.3) is 0 Å². The number of hydrogen-bond donors (Lipinski definition) is 2. The number of rotatable bonds is 3. The van der Waals surface area contributed by atoms with Gasteiger partial charge in [0, 0.05) is 33.0 Å². The van der Waals surface area contributed by atoms with E-state index in [1.165, 1.54) is 6.07 Å². The van der Waals surface area contributed by atoms with Crippen molar-refractivity contribution < 1.29 is 69.7 Å². The molecule has 1 atom stereocenters. The van der Waals surface area contributed by atoms with E-state index in [1.54, 1.807) is 32.6 Å². The number of aryl methyl sites for hydroxylation is 2. The van der Waals surface area contributed by atoms with Crippen LogP contribution < -0.4 is 29.6 Å². The average molecular weight is 843 g/mol. The minimum atomic E-state index is -3.35. The molecular weight excluding hydrogens is 817 g/mol. The Morgan fingerprint density at radius 3 is 1.71 bits per heavy atom. The quantitative estimate of drug-likeness (QED) is 0.180. The molecule has 2 aromatic carbocycles. The fraction of sp³-hybridized carbons (Fsp3) is 0.250. The molecule has 4 rings (SSSR count). The van der Waals surface area contributed by atoms with Crippen LogP contribution in [0.3, 0.4) is 0 Å². The molecule has 2 N–H and O–H groups in total. The summed E-state index contributed by atoms with van der Waals surface area (Å²) < 4.78 is 42.4. The van der Waals surface area contributed by atoms with Crippen molar-refractivity contribution in [1.82, 2.24) is 9.97 Å². The monoisotopic (exact) mass is 842 g/mol. The molecule has 8 nitrogen and oxygen atoms in total. The van der Waals surface area contributed by atoms with Gasteiger partial charge in [-0.1, -0.05) is 11.1 Å². The summed E-state index contributed by atoms with van der Waals surface area (Å²) in [5, 5.41) is 20.0. The number of halogens is 2. The fourth-order valence-electron chi connectivity index (χ4n) is 3.23. The number of sulfone groups is 1. The van der Waals surface area contributed by atoms with Gasteiger partial charge in [0.1, 0.15) is 0 Å². The van der Waals surface area contributed by atoms with Crippen LogP contribution in [0.5, 0.6) is 0 Å². The maximum Gasteiger partial charge on any atom is 1.00 e. The van der Waals surface area contributed by atoms with Crippen molar-refractivity contribution in [2.45, 2.75) is 32.0 Å². The molecule has 2 heterocycles. The van der Waals surface area contributed by atoms with Gasteiger partial charge in [-0.2, -0.15) is 0 Å². The maximum atomic E-state index is 11.7. The first-order valence-corrected chi connectivity index (χ1v) is 17.8. The average Bonchev–Trinajstić information content (AvgIpc) is 2.83. The van der Waals surface area contributed by atoms with E-state index in [9.17, 15) is 8.42 Å². The third kappa shape index (κ3) is 12.4. The summed E-state index contributed by atoms with van der Waals surface area (Å²) in [6.07, 6.45) is 5.73. The molecule has 0 radical (unpaired) electrons. The van der Waals surface area contributed by atoms with Crippen molar-refractivity contribution in [3.8, 4) is 0 Å². The number of fused-ring (bicyclic) bond motifs is 2. The number of aliphatic hydroxyl groups excluding tert-OH is 2. The summed E-state index contributed by atoms with van der Waals surface area (Å²) in [6, 6.07) is 11.1. The summed E-state index contributed by atoms with van der Waals surface area (Å²) >= 11 is 6.25. The van der Waals surface area contributed by atoms with Crippen LogP contribution in [0.15, 0.2) is 53.7 Å². The number of aromatic nitrogens is 2. The van der Waals surface area contributed by atoms with Crippen LogP contribution in [0.1, 0.15) is 22.3 Å². The first kappa shape index (κ1) is 38.2. The smallest absolute Gasteiger partial charge is 1.00 e. The summed E-state index contributed by atoms with van der Waals surface area (Å²) in [5.74, 6) is 0. The van der Waals surface area contributed by atoms with Gasteiger partial charge in [0.15, 0.2) is 9.84 Å². The fourth-order valence-corrected chi connectivity index (χ4v) is 4.96. The molecule has 0 aliphatic heterocycles. The molecule has 206 valence electrons. The molecule has 2 aromatic heterocycles. The van der Waals surface area contributed by atoms with Crippen molar-refractivity contribution in [2.75, 3.05) is 12.5 Å². The largest absolute Gasteiger partial charge is 1.00 e. The Morgan fingerprint density at radius 2 is 1.29 bits per heavy atom. The van der Waals surface area contributed by atoms with E-state index in [1.807, 2.05) is 38.2 Å². The molecule has 0 aliphatic carbocycles. The number of nitrogens with zero attached hydrogens (tertiary/aromatic N) is 2. The van der Waals surface area contributed by atoms with Crippen molar-refractivity contribution in [3.63, 3.8) is 0 Å².